The van der Waals surface area contributed by atoms with Gasteiger partial charge in [0.15, 0.2) is 0 Å². The molecule has 1 heterocycles. The fourth-order valence-corrected chi connectivity index (χ4v) is 4.13. The quantitative estimate of drug-likeness (QED) is 0.467. The number of aromatic nitrogens is 2. The minimum absolute atomic E-state index is 0.0650. The highest BCUT2D eigenvalue weighted by molar-refractivity contribution is 7.89. The number of nitrogens with one attached hydrogen (secondary N) is 3. The van der Waals surface area contributed by atoms with Crippen LogP contribution in [-0.4, -0.2) is 43.1 Å². The lowest BCUT2D eigenvalue weighted by Gasteiger charge is -2.09. The smallest absolute Gasteiger partial charge is 0.243 e. The van der Waals surface area contributed by atoms with Crippen molar-refractivity contribution in [3.63, 3.8) is 0 Å². The second-order valence-corrected chi connectivity index (χ2v) is 9.52. The third kappa shape index (κ3) is 6.05. The third-order valence-corrected chi connectivity index (χ3v) is 6.45. The summed E-state index contributed by atoms with van der Waals surface area (Å²) >= 11 is 0. The molecule has 3 rings (SSSR count). The van der Waals surface area contributed by atoms with E-state index in [1.807, 2.05) is 45.0 Å². The molecule has 0 fully saturated rings. The SMILES string of the molecule is Cc1ccc(-n2nc(C)c(NC(=O)CNC(=O)CNS(=O)(=O)c3ccc(C)cc3)c2C)cc1. The van der Waals surface area contributed by atoms with Gasteiger partial charge in [0.25, 0.3) is 0 Å². The summed E-state index contributed by atoms with van der Waals surface area (Å²) in [6.07, 6.45) is 0. The molecule has 3 N–H and O–H groups in total. The Bertz CT molecular complexity index is 1260. The lowest BCUT2D eigenvalue weighted by molar-refractivity contribution is -0.123. The van der Waals surface area contributed by atoms with E-state index in [-0.39, 0.29) is 11.4 Å². The minimum atomic E-state index is -3.82. The zero-order chi connectivity index (χ0) is 24.2. The first-order valence-corrected chi connectivity index (χ1v) is 11.8. The highest BCUT2D eigenvalue weighted by Gasteiger charge is 2.17. The van der Waals surface area contributed by atoms with Crippen molar-refractivity contribution in [2.75, 3.05) is 18.4 Å². The molecule has 1 aromatic heterocycles. The Labute approximate surface area is 193 Å². The van der Waals surface area contributed by atoms with E-state index in [0.29, 0.717) is 11.4 Å². The van der Waals surface area contributed by atoms with Crippen LogP contribution in [0.1, 0.15) is 22.5 Å². The van der Waals surface area contributed by atoms with Gasteiger partial charge in [0.05, 0.1) is 40.7 Å². The number of benzene rings is 2. The molecular weight excluding hydrogens is 442 g/mol. The molecule has 2 aromatic carbocycles. The Kier molecular flexibility index (Phi) is 7.29. The lowest BCUT2D eigenvalue weighted by atomic mass is 10.2. The Morgan fingerprint density at radius 2 is 1.42 bits per heavy atom. The summed E-state index contributed by atoms with van der Waals surface area (Å²) in [6.45, 7) is 6.68. The van der Waals surface area contributed by atoms with Gasteiger partial charge in [-0.05, 0) is 52.0 Å². The molecular formula is C23H27N5O4S. The summed E-state index contributed by atoms with van der Waals surface area (Å²) in [5.41, 5.74) is 4.88. The lowest BCUT2D eigenvalue weighted by Crippen LogP contribution is -2.40. The van der Waals surface area contributed by atoms with Crippen molar-refractivity contribution in [2.24, 2.45) is 0 Å². The molecule has 0 saturated carbocycles. The largest absolute Gasteiger partial charge is 0.346 e. The van der Waals surface area contributed by atoms with Crippen LogP contribution in [0.2, 0.25) is 0 Å². The molecule has 3 aromatic rings. The van der Waals surface area contributed by atoms with E-state index < -0.39 is 28.4 Å². The molecule has 0 spiro atoms. The van der Waals surface area contributed by atoms with Crippen LogP contribution >= 0.6 is 0 Å². The molecule has 0 aliphatic heterocycles. The van der Waals surface area contributed by atoms with E-state index >= 15 is 0 Å². The molecule has 0 aliphatic carbocycles. The summed E-state index contributed by atoms with van der Waals surface area (Å²) in [5.74, 6) is -1.07. The molecule has 9 nitrogen and oxygen atoms in total. The standard InChI is InChI=1S/C23H27N5O4S/c1-15-5-9-19(10-6-15)28-18(4)23(17(3)27-28)26-22(30)13-24-21(29)14-25-33(31,32)20-11-7-16(2)8-12-20/h5-12,25H,13-14H2,1-4H3,(H,24,29)(H,26,30). The summed E-state index contributed by atoms with van der Waals surface area (Å²) in [4.78, 5) is 24.5. The van der Waals surface area contributed by atoms with Gasteiger partial charge >= 0.3 is 0 Å². The maximum atomic E-state index is 12.4. The second kappa shape index (κ2) is 9.97. The van der Waals surface area contributed by atoms with Crippen molar-refractivity contribution < 1.29 is 18.0 Å². The van der Waals surface area contributed by atoms with Crippen molar-refractivity contribution in [2.45, 2.75) is 32.6 Å². The number of hydrogen-bond acceptors (Lipinski definition) is 5. The van der Waals surface area contributed by atoms with Crippen LogP contribution in [0.3, 0.4) is 0 Å². The van der Waals surface area contributed by atoms with E-state index in [4.69, 9.17) is 0 Å². The van der Waals surface area contributed by atoms with Crippen molar-refractivity contribution in [1.29, 1.82) is 0 Å². The summed E-state index contributed by atoms with van der Waals surface area (Å²) in [5, 5.41) is 9.66. The van der Waals surface area contributed by atoms with Crippen molar-refractivity contribution in [3.8, 4) is 5.69 Å². The number of amides is 2. The van der Waals surface area contributed by atoms with Gasteiger partial charge in [-0.15, -0.1) is 0 Å². The molecule has 2 amide bonds. The number of hydrogen-bond donors (Lipinski definition) is 3. The number of rotatable bonds is 8. The molecule has 0 unspecified atom stereocenters. The van der Waals surface area contributed by atoms with Crippen LogP contribution in [0.4, 0.5) is 5.69 Å². The van der Waals surface area contributed by atoms with Crippen LogP contribution in [0.25, 0.3) is 5.69 Å². The highest BCUT2D eigenvalue weighted by Crippen LogP contribution is 2.23. The molecule has 0 saturated heterocycles. The molecule has 10 heteroatoms. The number of carbonyl (C=O) groups is 2. The third-order valence-electron chi connectivity index (χ3n) is 5.03. The van der Waals surface area contributed by atoms with Gasteiger partial charge in [-0.3, -0.25) is 9.59 Å². The number of sulfonamides is 1. The maximum Gasteiger partial charge on any atom is 0.243 e. The highest BCUT2D eigenvalue weighted by atomic mass is 32.2. The van der Waals surface area contributed by atoms with Crippen LogP contribution in [0.15, 0.2) is 53.4 Å². The number of nitrogens with zero attached hydrogens (tertiary/aromatic N) is 2. The summed E-state index contributed by atoms with van der Waals surface area (Å²) < 4.78 is 28.5. The fraction of sp³-hybridized carbons (Fsp3) is 0.261. The first-order chi connectivity index (χ1) is 15.6. The molecule has 0 radical (unpaired) electrons. The van der Waals surface area contributed by atoms with Gasteiger partial charge in [-0.1, -0.05) is 35.4 Å². The zero-order valence-corrected chi connectivity index (χ0v) is 19.8. The van der Waals surface area contributed by atoms with Crippen LogP contribution in [-0.2, 0) is 19.6 Å². The average Bonchev–Trinajstić information content (AvgIpc) is 3.05. The predicted octanol–water partition coefficient (Wildman–Crippen LogP) is 2.14. The molecule has 0 aliphatic rings. The van der Waals surface area contributed by atoms with Crippen molar-refractivity contribution in [1.82, 2.24) is 19.8 Å². The first-order valence-electron chi connectivity index (χ1n) is 10.3. The summed E-state index contributed by atoms with van der Waals surface area (Å²) in [7, 11) is -3.82. The van der Waals surface area contributed by atoms with E-state index in [9.17, 15) is 18.0 Å². The Morgan fingerprint density at radius 1 is 0.848 bits per heavy atom. The van der Waals surface area contributed by atoms with Crippen LogP contribution in [0, 0.1) is 27.7 Å². The van der Waals surface area contributed by atoms with Crippen LogP contribution < -0.4 is 15.4 Å². The molecule has 174 valence electrons. The van der Waals surface area contributed by atoms with Gasteiger partial charge in [-0.2, -0.15) is 5.10 Å². The molecule has 0 atom stereocenters. The Morgan fingerprint density at radius 3 is 2.03 bits per heavy atom. The van der Waals surface area contributed by atoms with E-state index in [1.165, 1.54) is 12.1 Å². The monoisotopic (exact) mass is 469 g/mol. The molecule has 33 heavy (non-hydrogen) atoms. The first kappa shape index (κ1) is 24.1. The Hall–Kier alpha value is -3.50. The average molecular weight is 470 g/mol. The van der Waals surface area contributed by atoms with Gasteiger partial charge in [0.1, 0.15) is 0 Å². The van der Waals surface area contributed by atoms with E-state index in [1.54, 1.807) is 23.7 Å². The maximum absolute atomic E-state index is 12.4. The van der Waals surface area contributed by atoms with Gasteiger partial charge in [0, 0.05) is 0 Å². The van der Waals surface area contributed by atoms with Gasteiger partial charge < -0.3 is 10.6 Å². The number of aryl methyl sites for hydroxylation is 3. The van der Waals surface area contributed by atoms with Crippen molar-refractivity contribution in [3.05, 3.63) is 71.0 Å². The van der Waals surface area contributed by atoms with Crippen molar-refractivity contribution >= 4 is 27.5 Å². The molecule has 0 bridgehead atoms. The number of carbonyl (C=O) groups excluding carboxylic acids is 2. The topological polar surface area (TPSA) is 122 Å². The van der Waals surface area contributed by atoms with E-state index in [2.05, 4.69) is 20.5 Å². The van der Waals surface area contributed by atoms with Gasteiger partial charge in [-0.25, -0.2) is 17.8 Å². The number of anilines is 1. The van der Waals surface area contributed by atoms with E-state index in [0.717, 1.165) is 22.5 Å². The zero-order valence-electron chi connectivity index (χ0n) is 19.0. The second-order valence-electron chi connectivity index (χ2n) is 7.76. The minimum Gasteiger partial charge on any atom is -0.346 e. The fourth-order valence-electron chi connectivity index (χ4n) is 3.15. The van der Waals surface area contributed by atoms with Gasteiger partial charge in [0.2, 0.25) is 21.8 Å². The Balaban J connectivity index is 1.54. The summed E-state index contributed by atoms with van der Waals surface area (Å²) in [6, 6.07) is 14.1. The normalized spacial score (nSPS) is 11.3. The van der Waals surface area contributed by atoms with Crippen LogP contribution in [0.5, 0.6) is 0 Å². The predicted molar refractivity (Wildman–Crippen MR) is 126 cm³/mol.